The van der Waals surface area contributed by atoms with Gasteiger partial charge in [-0.1, -0.05) is 6.07 Å². The van der Waals surface area contributed by atoms with Crippen molar-refractivity contribution in [1.82, 2.24) is 0 Å². The van der Waals surface area contributed by atoms with Crippen LogP contribution in [0.5, 0.6) is 23.0 Å². The van der Waals surface area contributed by atoms with Crippen molar-refractivity contribution in [3.05, 3.63) is 35.4 Å². The van der Waals surface area contributed by atoms with Crippen molar-refractivity contribution in [2.75, 3.05) is 49.3 Å². The summed E-state index contributed by atoms with van der Waals surface area (Å²) in [6.45, 7) is 0.449. The first-order valence-corrected chi connectivity index (χ1v) is 10.8. The number of rotatable bonds is 14. The number of aryl methyl sites for hydroxylation is 2. The van der Waals surface area contributed by atoms with Crippen LogP contribution in [-0.4, -0.2) is 71.9 Å². The molecule has 0 bridgehead atoms. The van der Waals surface area contributed by atoms with Crippen molar-refractivity contribution >= 4 is 0 Å². The highest BCUT2D eigenvalue weighted by atomic mass is 16.7. The third kappa shape index (κ3) is 6.74. The topological polar surface area (TPSA) is 95.8 Å². The Morgan fingerprint density at radius 3 is 2.03 bits per heavy atom. The molecule has 8 heteroatoms. The third-order valence-corrected chi connectivity index (χ3v) is 5.66. The molecule has 8 nitrogen and oxygen atoms in total. The fourth-order valence-electron chi connectivity index (χ4n) is 3.81. The fourth-order valence-corrected chi connectivity index (χ4v) is 3.81. The zero-order chi connectivity index (χ0) is 24.4. The lowest BCUT2D eigenvalue weighted by Gasteiger charge is -2.20. The lowest BCUT2D eigenvalue weighted by molar-refractivity contribution is -0.105. The van der Waals surface area contributed by atoms with Gasteiger partial charge in [0.1, 0.15) is 5.75 Å². The molecule has 0 aliphatic carbocycles. The quantitative estimate of drug-likeness (QED) is 0.406. The van der Waals surface area contributed by atoms with Gasteiger partial charge in [-0.05, 0) is 48.6 Å². The van der Waals surface area contributed by atoms with E-state index in [2.05, 4.69) is 0 Å². The summed E-state index contributed by atoms with van der Waals surface area (Å²) in [5.74, 6) is 0.663. The molecule has 33 heavy (non-hydrogen) atoms. The van der Waals surface area contributed by atoms with Crippen LogP contribution in [0.3, 0.4) is 0 Å². The predicted molar refractivity (Wildman–Crippen MR) is 125 cm³/mol. The molecule has 0 radical (unpaired) electrons. The molecular weight excluding hydrogens is 428 g/mol. The molecule has 0 aromatic heterocycles. The Bertz CT molecular complexity index is 879. The largest absolute Gasteiger partial charge is 0.507 e. The van der Waals surface area contributed by atoms with Gasteiger partial charge in [-0.25, -0.2) is 0 Å². The van der Waals surface area contributed by atoms with Crippen molar-refractivity contribution in [3.8, 4) is 34.1 Å². The molecular formula is C25H36O8. The Labute approximate surface area is 196 Å². The number of benzene rings is 2. The monoisotopic (exact) mass is 464 g/mol. The zero-order valence-electron chi connectivity index (χ0n) is 20.3. The fraction of sp³-hybridized carbons (Fsp3) is 0.520. The van der Waals surface area contributed by atoms with Crippen molar-refractivity contribution in [2.24, 2.45) is 0 Å². The van der Waals surface area contributed by atoms with Gasteiger partial charge in [-0.3, -0.25) is 0 Å². The van der Waals surface area contributed by atoms with Crippen molar-refractivity contribution in [1.29, 1.82) is 0 Å². The Kier molecular flexibility index (Phi) is 10.7. The maximum absolute atomic E-state index is 10.8. The third-order valence-electron chi connectivity index (χ3n) is 5.66. The number of methoxy groups -OCH3 is 6. The minimum Gasteiger partial charge on any atom is -0.507 e. The van der Waals surface area contributed by atoms with E-state index in [-0.39, 0.29) is 29.6 Å². The highest BCUT2D eigenvalue weighted by Gasteiger charge is 2.23. The number of hydrogen-bond acceptors (Lipinski definition) is 8. The van der Waals surface area contributed by atoms with E-state index in [1.54, 1.807) is 34.5 Å². The summed E-state index contributed by atoms with van der Waals surface area (Å²) in [5, 5.41) is 21.5. The maximum Gasteiger partial charge on any atom is 0.203 e. The van der Waals surface area contributed by atoms with E-state index in [0.29, 0.717) is 54.7 Å². The van der Waals surface area contributed by atoms with Crippen LogP contribution in [0.15, 0.2) is 24.3 Å². The standard InChI is InChI=1S/C25H36O8/c1-28-15-18(29-2)10-9-17-14-20(24(32-5)25(33-6)23(17)27)19-13-16(7-11-21(19)26)8-12-22(30-3)31-4/h7,11,13-14,18,22,26-27H,8-10,12,15H2,1-6H3. The molecule has 2 aromatic carbocycles. The molecule has 1 atom stereocenters. The summed E-state index contributed by atoms with van der Waals surface area (Å²) < 4.78 is 32.3. The minimum atomic E-state index is -0.307. The van der Waals surface area contributed by atoms with E-state index in [1.807, 2.05) is 18.2 Å². The van der Waals surface area contributed by atoms with E-state index in [0.717, 1.165) is 5.56 Å². The summed E-state index contributed by atoms with van der Waals surface area (Å²) in [6.07, 6.45) is 2.08. The highest BCUT2D eigenvalue weighted by Crippen LogP contribution is 2.48. The summed E-state index contributed by atoms with van der Waals surface area (Å²) >= 11 is 0. The predicted octanol–water partition coefficient (Wildman–Crippen LogP) is 3.93. The molecule has 0 amide bonds. The van der Waals surface area contributed by atoms with Crippen LogP contribution >= 0.6 is 0 Å². The van der Waals surface area contributed by atoms with Gasteiger partial charge in [-0.15, -0.1) is 0 Å². The van der Waals surface area contributed by atoms with Gasteiger partial charge >= 0.3 is 0 Å². The number of phenolic OH excluding ortho intramolecular Hbond substituents is 2. The van der Waals surface area contributed by atoms with Crippen LogP contribution in [-0.2, 0) is 31.8 Å². The van der Waals surface area contributed by atoms with Crippen LogP contribution in [0, 0.1) is 0 Å². The minimum absolute atomic E-state index is 0.00375. The van der Waals surface area contributed by atoms with E-state index < -0.39 is 0 Å². The lowest BCUT2D eigenvalue weighted by atomic mass is 9.94. The summed E-state index contributed by atoms with van der Waals surface area (Å²) in [4.78, 5) is 0. The second-order valence-electron chi connectivity index (χ2n) is 7.64. The second-order valence-corrected chi connectivity index (χ2v) is 7.64. The van der Waals surface area contributed by atoms with Crippen LogP contribution in [0.2, 0.25) is 0 Å². The van der Waals surface area contributed by atoms with Gasteiger partial charge in [0.15, 0.2) is 17.8 Å². The Balaban J connectivity index is 2.48. The van der Waals surface area contributed by atoms with Crippen LogP contribution in [0.4, 0.5) is 0 Å². The van der Waals surface area contributed by atoms with Crippen LogP contribution < -0.4 is 9.47 Å². The molecule has 0 aliphatic heterocycles. The molecule has 0 saturated carbocycles. The van der Waals surface area contributed by atoms with E-state index in [9.17, 15) is 10.2 Å². The first-order valence-electron chi connectivity index (χ1n) is 10.8. The number of hydrogen-bond donors (Lipinski definition) is 2. The zero-order valence-corrected chi connectivity index (χ0v) is 20.3. The Morgan fingerprint density at radius 2 is 1.45 bits per heavy atom. The van der Waals surface area contributed by atoms with E-state index in [1.165, 1.54) is 14.2 Å². The number of aromatic hydroxyl groups is 2. The van der Waals surface area contributed by atoms with Gasteiger partial charge in [0.05, 0.1) is 26.9 Å². The van der Waals surface area contributed by atoms with E-state index >= 15 is 0 Å². The Hall–Kier alpha value is -2.52. The first-order chi connectivity index (χ1) is 15.9. The smallest absolute Gasteiger partial charge is 0.203 e. The van der Waals surface area contributed by atoms with Crippen molar-refractivity contribution < 1.29 is 38.6 Å². The molecule has 2 aromatic rings. The molecule has 0 heterocycles. The van der Waals surface area contributed by atoms with Crippen LogP contribution in [0.25, 0.3) is 11.1 Å². The van der Waals surface area contributed by atoms with Crippen molar-refractivity contribution in [3.63, 3.8) is 0 Å². The molecule has 0 saturated heterocycles. The van der Waals surface area contributed by atoms with Gasteiger partial charge in [-0.2, -0.15) is 0 Å². The first kappa shape index (κ1) is 26.7. The van der Waals surface area contributed by atoms with Crippen LogP contribution in [0.1, 0.15) is 24.0 Å². The molecule has 1 unspecified atom stereocenters. The highest BCUT2D eigenvalue weighted by molar-refractivity contribution is 5.81. The van der Waals surface area contributed by atoms with E-state index in [4.69, 9.17) is 28.4 Å². The molecule has 0 fully saturated rings. The number of ether oxygens (including phenoxy) is 6. The van der Waals surface area contributed by atoms with Gasteiger partial charge in [0, 0.05) is 46.0 Å². The summed E-state index contributed by atoms with van der Waals surface area (Å²) in [6, 6.07) is 7.23. The summed E-state index contributed by atoms with van der Waals surface area (Å²) in [7, 11) is 9.43. The maximum atomic E-state index is 10.8. The van der Waals surface area contributed by atoms with Crippen molar-refractivity contribution in [2.45, 2.75) is 38.1 Å². The molecule has 184 valence electrons. The molecule has 2 rings (SSSR count). The SMILES string of the molecule is COCC(CCc1cc(-c2cc(CCC(OC)OC)ccc2O)c(OC)c(OC)c1O)OC. The normalized spacial score (nSPS) is 12.2. The van der Waals surface area contributed by atoms with Gasteiger partial charge in [0.25, 0.3) is 0 Å². The second kappa shape index (κ2) is 13.3. The average molecular weight is 465 g/mol. The lowest BCUT2D eigenvalue weighted by Crippen LogP contribution is -2.18. The Morgan fingerprint density at radius 1 is 0.758 bits per heavy atom. The van der Waals surface area contributed by atoms with Gasteiger partial charge in [0.2, 0.25) is 5.75 Å². The van der Waals surface area contributed by atoms with Gasteiger partial charge < -0.3 is 38.6 Å². The average Bonchev–Trinajstić information content (AvgIpc) is 2.83. The molecule has 0 aliphatic rings. The number of phenols is 2. The molecule has 2 N–H and O–H groups in total. The molecule has 0 spiro atoms. The summed E-state index contributed by atoms with van der Waals surface area (Å²) in [5.41, 5.74) is 2.86.